The van der Waals surface area contributed by atoms with Crippen LogP contribution in [0, 0.1) is 18.8 Å². The second-order valence-electron chi connectivity index (χ2n) is 2.78. The lowest BCUT2D eigenvalue weighted by Gasteiger charge is -1.97. The number of rotatable bonds is 1. The number of aliphatic hydroxyl groups excluding tert-OH is 1. The van der Waals surface area contributed by atoms with E-state index in [1.54, 1.807) is 6.07 Å². The van der Waals surface area contributed by atoms with Gasteiger partial charge in [0.1, 0.15) is 5.75 Å². The fourth-order valence-electron chi connectivity index (χ4n) is 0.908. The molecule has 0 unspecified atom stereocenters. The fourth-order valence-corrected chi connectivity index (χ4v) is 0.908. The molecule has 2 nitrogen and oxygen atoms in total. The van der Waals surface area contributed by atoms with Crippen LogP contribution in [0.3, 0.4) is 0 Å². The van der Waals surface area contributed by atoms with Crippen LogP contribution < -0.4 is 0 Å². The first-order valence-corrected chi connectivity index (χ1v) is 4.13. The molecule has 0 fully saturated rings. The molecule has 1 aromatic carbocycles. The van der Waals surface area contributed by atoms with Crippen molar-refractivity contribution >= 4 is 0 Å². The zero-order chi connectivity index (χ0) is 9.68. The van der Waals surface area contributed by atoms with Crippen LogP contribution in [0.2, 0.25) is 0 Å². The Morgan fingerprint density at radius 2 is 2.15 bits per heavy atom. The summed E-state index contributed by atoms with van der Waals surface area (Å²) in [5, 5.41) is 17.8. The molecule has 0 aliphatic rings. The summed E-state index contributed by atoms with van der Waals surface area (Å²) in [5.41, 5.74) is 1.62. The molecule has 13 heavy (non-hydrogen) atoms. The minimum absolute atomic E-state index is 0.0742. The highest BCUT2D eigenvalue weighted by Crippen LogP contribution is 2.16. The Morgan fingerprint density at radius 3 is 2.77 bits per heavy atom. The number of aryl methyl sites for hydroxylation is 1. The molecule has 2 heteroatoms. The molecule has 0 saturated carbocycles. The Kier molecular flexibility index (Phi) is 3.36. The second-order valence-corrected chi connectivity index (χ2v) is 2.78. The number of hydrogen-bond acceptors (Lipinski definition) is 2. The molecule has 0 bridgehead atoms. The molecular formula is C11H12O2. The van der Waals surface area contributed by atoms with Crippen LogP contribution in [0.15, 0.2) is 18.2 Å². The van der Waals surface area contributed by atoms with Gasteiger partial charge in [0.2, 0.25) is 0 Å². The van der Waals surface area contributed by atoms with E-state index in [1.807, 2.05) is 19.1 Å². The molecule has 68 valence electrons. The van der Waals surface area contributed by atoms with Crippen LogP contribution in [0.1, 0.15) is 17.5 Å². The average molecular weight is 176 g/mol. The molecule has 1 rings (SSSR count). The summed E-state index contributed by atoms with van der Waals surface area (Å²) in [4.78, 5) is 0. The molecule has 0 radical (unpaired) electrons. The maximum atomic E-state index is 9.34. The quantitative estimate of drug-likeness (QED) is 0.635. The van der Waals surface area contributed by atoms with Gasteiger partial charge in [-0.2, -0.15) is 0 Å². The van der Waals surface area contributed by atoms with E-state index in [9.17, 15) is 5.11 Å². The van der Waals surface area contributed by atoms with Gasteiger partial charge in [-0.1, -0.05) is 17.9 Å². The van der Waals surface area contributed by atoms with Gasteiger partial charge in [-0.15, -0.1) is 0 Å². The molecular weight excluding hydrogens is 164 g/mol. The third kappa shape index (κ3) is 2.81. The van der Waals surface area contributed by atoms with Crippen molar-refractivity contribution in [2.45, 2.75) is 13.3 Å². The van der Waals surface area contributed by atoms with E-state index < -0.39 is 0 Å². The molecule has 0 atom stereocenters. The van der Waals surface area contributed by atoms with Gasteiger partial charge in [0.25, 0.3) is 0 Å². The van der Waals surface area contributed by atoms with Crippen molar-refractivity contribution in [1.82, 2.24) is 0 Å². The lowest BCUT2D eigenvalue weighted by Crippen LogP contribution is -1.79. The van der Waals surface area contributed by atoms with Gasteiger partial charge in [-0.25, -0.2) is 0 Å². The third-order valence-corrected chi connectivity index (χ3v) is 1.68. The van der Waals surface area contributed by atoms with Crippen molar-refractivity contribution in [3.05, 3.63) is 29.3 Å². The Balaban J connectivity index is 2.81. The Hall–Kier alpha value is -1.46. The maximum absolute atomic E-state index is 9.34. The summed E-state index contributed by atoms with van der Waals surface area (Å²) in [6.45, 7) is 1.91. The van der Waals surface area contributed by atoms with Crippen LogP contribution >= 0.6 is 0 Å². The summed E-state index contributed by atoms with van der Waals surface area (Å²) < 4.78 is 0. The first-order chi connectivity index (χ1) is 6.24. The average Bonchev–Trinajstić information content (AvgIpc) is 2.12. The highest BCUT2D eigenvalue weighted by molar-refractivity contribution is 5.43. The molecule has 1 aromatic rings. The van der Waals surface area contributed by atoms with Crippen molar-refractivity contribution < 1.29 is 10.2 Å². The zero-order valence-electron chi connectivity index (χ0n) is 7.54. The van der Waals surface area contributed by atoms with Crippen LogP contribution in [0.4, 0.5) is 0 Å². The molecule has 0 spiro atoms. The first kappa shape index (κ1) is 9.63. The van der Waals surface area contributed by atoms with Crippen molar-refractivity contribution in [2.24, 2.45) is 0 Å². The molecule has 0 amide bonds. The molecule has 0 saturated heterocycles. The monoisotopic (exact) mass is 176 g/mol. The second kappa shape index (κ2) is 4.54. The van der Waals surface area contributed by atoms with E-state index in [1.165, 1.54) is 0 Å². The molecule has 0 heterocycles. The van der Waals surface area contributed by atoms with Crippen LogP contribution in [-0.4, -0.2) is 16.8 Å². The van der Waals surface area contributed by atoms with Crippen molar-refractivity contribution in [3.63, 3.8) is 0 Å². The summed E-state index contributed by atoms with van der Waals surface area (Å²) in [5.74, 6) is 5.89. The fraction of sp³-hybridized carbons (Fsp3) is 0.273. The van der Waals surface area contributed by atoms with Crippen LogP contribution in [-0.2, 0) is 0 Å². The summed E-state index contributed by atoms with van der Waals surface area (Å²) in [7, 11) is 0. The maximum Gasteiger partial charge on any atom is 0.119 e. The zero-order valence-corrected chi connectivity index (χ0v) is 7.54. The molecule has 0 aliphatic carbocycles. The number of phenols is 1. The Bertz CT molecular complexity index is 345. The number of aromatic hydroxyl groups is 1. The number of aliphatic hydroxyl groups is 1. The predicted molar refractivity (Wildman–Crippen MR) is 51.4 cm³/mol. The van der Waals surface area contributed by atoms with Crippen molar-refractivity contribution in [3.8, 4) is 17.6 Å². The largest absolute Gasteiger partial charge is 0.508 e. The van der Waals surface area contributed by atoms with Gasteiger partial charge in [-0.3, -0.25) is 0 Å². The van der Waals surface area contributed by atoms with E-state index in [0.29, 0.717) is 6.42 Å². The first-order valence-electron chi connectivity index (χ1n) is 4.13. The van der Waals surface area contributed by atoms with Gasteiger partial charge in [0.05, 0.1) is 6.61 Å². The summed E-state index contributed by atoms with van der Waals surface area (Å²) in [6.07, 6.45) is 0.467. The topological polar surface area (TPSA) is 40.5 Å². The Labute approximate surface area is 77.8 Å². The van der Waals surface area contributed by atoms with Crippen molar-refractivity contribution in [2.75, 3.05) is 6.61 Å². The highest BCUT2D eigenvalue weighted by Gasteiger charge is 1.94. The van der Waals surface area contributed by atoms with E-state index in [-0.39, 0.29) is 12.4 Å². The van der Waals surface area contributed by atoms with Crippen molar-refractivity contribution in [1.29, 1.82) is 0 Å². The molecule has 0 aromatic heterocycles. The smallest absolute Gasteiger partial charge is 0.119 e. The van der Waals surface area contributed by atoms with E-state index in [0.717, 1.165) is 11.1 Å². The van der Waals surface area contributed by atoms with Gasteiger partial charge < -0.3 is 10.2 Å². The molecule has 0 aliphatic heterocycles. The summed E-state index contributed by atoms with van der Waals surface area (Å²) >= 11 is 0. The van der Waals surface area contributed by atoms with Gasteiger partial charge in [-0.05, 0) is 24.6 Å². The standard InChI is InChI=1S/C11H12O2/c1-9-5-6-10(8-11(9)13)4-2-3-7-12/h5-6,8,12-13H,3,7H2,1H3. The SMILES string of the molecule is Cc1ccc(C#CCCO)cc1O. The highest BCUT2D eigenvalue weighted by atomic mass is 16.3. The minimum atomic E-state index is 0.0742. The van der Waals surface area contributed by atoms with Crippen LogP contribution in [0.25, 0.3) is 0 Å². The summed E-state index contributed by atoms with van der Waals surface area (Å²) in [6, 6.07) is 5.29. The lowest BCUT2D eigenvalue weighted by molar-refractivity contribution is 0.305. The normalized spacial score (nSPS) is 9.08. The van der Waals surface area contributed by atoms with Crippen LogP contribution in [0.5, 0.6) is 5.75 Å². The lowest BCUT2D eigenvalue weighted by atomic mass is 10.1. The number of phenolic OH excluding ortho intramolecular Hbond substituents is 1. The Morgan fingerprint density at radius 1 is 1.38 bits per heavy atom. The van der Waals surface area contributed by atoms with Gasteiger partial charge >= 0.3 is 0 Å². The number of benzene rings is 1. The number of hydrogen-bond donors (Lipinski definition) is 2. The van der Waals surface area contributed by atoms with E-state index in [4.69, 9.17) is 5.11 Å². The third-order valence-electron chi connectivity index (χ3n) is 1.68. The van der Waals surface area contributed by atoms with Gasteiger partial charge in [0, 0.05) is 12.0 Å². The van der Waals surface area contributed by atoms with Gasteiger partial charge in [0.15, 0.2) is 0 Å². The van der Waals surface area contributed by atoms with E-state index in [2.05, 4.69) is 11.8 Å². The minimum Gasteiger partial charge on any atom is -0.508 e. The van der Waals surface area contributed by atoms with E-state index >= 15 is 0 Å². The predicted octanol–water partition coefficient (Wildman–Crippen LogP) is 1.43. The molecule has 2 N–H and O–H groups in total.